The molecule has 0 aromatic heterocycles. The van der Waals surface area contributed by atoms with Crippen molar-refractivity contribution in [1.82, 2.24) is 4.90 Å². The Labute approximate surface area is 188 Å². The lowest BCUT2D eigenvalue weighted by Crippen LogP contribution is -2.41. The molecular weight excluding hydrogens is 414 g/mol. The lowest BCUT2D eigenvalue weighted by molar-refractivity contribution is -0.136. The maximum atomic E-state index is 13.7. The van der Waals surface area contributed by atoms with Crippen molar-refractivity contribution in [1.29, 1.82) is 0 Å². The quantitative estimate of drug-likeness (QED) is 0.638. The number of carbonyl (C=O) groups is 2. The zero-order valence-electron chi connectivity index (χ0n) is 19.3. The summed E-state index contributed by atoms with van der Waals surface area (Å²) in [5.41, 5.74) is 1.13. The summed E-state index contributed by atoms with van der Waals surface area (Å²) < 4.78 is 27.9. The topological polar surface area (TPSA) is 83.5 Å². The van der Waals surface area contributed by atoms with Crippen molar-refractivity contribution in [2.24, 2.45) is 11.8 Å². The number of rotatable bonds is 7. The van der Waals surface area contributed by atoms with Gasteiger partial charge in [0.05, 0.1) is 45.5 Å². The summed E-state index contributed by atoms with van der Waals surface area (Å²) >= 11 is 0. The molecule has 2 heterocycles. The lowest BCUT2D eigenvalue weighted by Gasteiger charge is -2.37. The van der Waals surface area contributed by atoms with Crippen LogP contribution in [0.15, 0.2) is 23.5 Å². The molecule has 32 heavy (non-hydrogen) atoms. The van der Waals surface area contributed by atoms with Crippen molar-refractivity contribution in [3.63, 3.8) is 0 Å². The monoisotopic (exact) mass is 445 g/mol. The fourth-order valence-electron chi connectivity index (χ4n) is 5.15. The van der Waals surface area contributed by atoms with Gasteiger partial charge < -0.3 is 28.6 Å². The van der Waals surface area contributed by atoms with Crippen LogP contribution in [-0.2, 0) is 19.1 Å². The number of ether oxygens (including phenoxy) is 5. The molecule has 174 valence electrons. The molecule has 4 rings (SSSR count). The minimum Gasteiger partial charge on any atom is -0.493 e. The van der Waals surface area contributed by atoms with E-state index in [4.69, 9.17) is 23.7 Å². The van der Waals surface area contributed by atoms with Gasteiger partial charge in [0.25, 0.3) is 5.91 Å². The molecule has 0 spiro atoms. The Morgan fingerprint density at radius 2 is 1.72 bits per heavy atom. The van der Waals surface area contributed by atoms with Crippen molar-refractivity contribution < 1.29 is 33.3 Å². The van der Waals surface area contributed by atoms with Crippen LogP contribution in [0.3, 0.4) is 0 Å². The highest BCUT2D eigenvalue weighted by atomic mass is 16.5. The van der Waals surface area contributed by atoms with Gasteiger partial charge in [-0.2, -0.15) is 0 Å². The van der Waals surface area contributed by atoms with Crippen molar-refractivity contribution in [2.75, 3.05) is 41.6 Å². The molecule has 8 heteroatoms. The number of hydrogen-bond acceptors (Lipinski definition) is 7. The SMILES string of the molecule is COCCN1C(=O)C2=C(C(=O)C3CC(C)CCC3O2)C1c1cc(OC)c(OC)c(OC)c1. The highest BCUT2D eigenvalue weighted by Gasteiger charge is 2.52. The number of ketones is 1. The van der Waals surface area contributed by atoms with E-state index in [0.717, 1.165) is 19.3 Å². The van der Waals surface area contributed by atoms with Crippen LogP contribution in [0.2, 0.25) is 0 Å². The number of methoxy groups -OCH3 is 4. The van der Waals surface area contributed by atoms with Gasteiger partial charge in [0.2, 0.25) is 5.75 Å². The Morgan fingerprint density at radius 1 is 1.03 bits per heavy atom. The molecule has 0 bridgehead atoms. The highest BCUT2D eigenvalue weighted by Crippen LogP contribution is 2.49. The summed E-state index contributed by atoms with van der Waals surface area (Å²) in [5, 5.41) is 0. The minimum absolute atomic E-state index is 0.00909. The van der Waals surface area contributed by atoms with E-state index in [1.54, 1.807) is 24.1 Å². The smallest absolute Gasteiger partial charge is 0.290 e. The van der Waals surface area contributed by atoms with Gasteiger partial charge in [-0.3, -0.25) is 9.59 Å². The fourth-order valence-corrected chi connectivity index (χ4v) is 5.15. The predicted octanol–water partition coefficient (Wildman–Crippen LogP) is 2.90. The van der Waals surface area contributed by atoms with Gasteiger partial charge >= 0.3 is 0 Å². The zero-order valence-corrected chi connectivity index (χ0v) is 19.3. The van der Waals surface area contributed by atoms with E-state index in [0.29, 0.717) is 47.5 Å². The number of Topliss-reactive ketones (excluding diaryl/α,β-unsaturated/α-hetero) is 1. The molecule has 4 atom stereocenters. The van der Waals surface area contributed by atoms with Gasteiger partial charge in [-0.1, -0.05) is 6.92 Å². The van der Waals surface area contributed by atoms with Gasteiger partial charge in [-0.15, -0.1) is 0 Å². The Kier molecular flexibility index (Phi) is 6.33. The standard InChI is InChI=1S/C24H31NO7/c1-13-6-7-16-15(10-13)21(26)19-20(25(8-9-28-2)24(27)23(19)32-16)14-11-17(29-3)22(31-5)18(12-14)30-4/h11-13,15-16,20H,6-10H2,1-5H3. The summed E-state index contributed by atoms with van der Waals surface area (Å²) in [4.78, 5) is 28.8. The Balaban J connectivity index is 1.83. The van der Waals surface area contributed by atoms with Gasteiger partial charge in [0.15, 0.2) is 23.0 Å². The van der Waals surface area contributed by atoms with Crippen molar-refractivity contribution in [2.45, 2.75) is 38.3 Å². The van der Waals surface area contributed by atoms with E-state index in [-0.39, 0.29) is 29.5 Å². The maximum absolute atomic E-state index is 13.7. The molecule has 3 aliphatic rings. The Morgan fingerprint density at radius 3 is 2.31 bits per heavy atom. The summed E-state index contributed by atoms with van der Waals surface area (Å²) in [6.45, 7) is 2.83. The van der Waals surface area contributed by atoms with Gasteiger partial charge in [-0.25, -0.2) is 0 Å². The molecule has 1 aromatic carbocycles. The number of nitrogens with zero attached hydrogens (tertiary/aromatic N) is 1. The van der Waals surface area contributed by atoms with E-state index >= 15 is 0 Å². The maximum Gasteiger partial charge on any atom is 0.290 e. The average Bonchev–Trinajstić information content (AvgIpc) is 3.08. The first-order valence-corrected chi connectivity index (χ1v) is 11.0. The van der Waals surface area contributed by atoms with Crippen molar-refractivity contribution in [3.8, 4) is 17.2 Å². The summed E-state index contributed by atoms with van der Waals surface area (Å²) in [6, 6.07) is 2.97. The second-order valence-corrected chi connectivity index (χ2v) is 8.64. The fraction of sp³-hybridized carbons (Fsp3) is 0.583. The first-order chi connectivity index (χ1) is 15.4. The van der Waals surface area contributed by atoms with Crippen LogP contribution in [0.5, 0.6) is 17.2 Å². The van der Waals surface area contributed by atoms with Crippen LogP contribution in [0, 0.1) is 11.8 Å². The molecule has 1 fully saturated rings. The second kappa shape index (κ2) is 9.02. The number of benzene rings is 1. The van der Waals surface area contributed by atoms with Crippen LogP contribution in [0.4, 0.5) is 0 Å². The lowest BCUT2D eigenvalue weighted by atomic mass is 9.74. The third-order valence-corrected chi connectivity index (χ3v) is 6.74. The number of hydrogen-bond donors (Lipinski definition) is 0. The van der Waals surface area contributed by atoms with E-state index in [2.05, 4.69) is 6.92 Å². The third-order valence-electron chi connectivity index (χ3n) is 6.74. The van der Waals surface area contributed by atoms with Gasteiger partial charge in [-0.05, 0) is 42.9 Å². The minimum atomic E-state index is -0.605. The van der Waals surface area contributed by atoms with E-state index in [1.807, 2.05) is 0 Å². The molecule has 1 saturated carbocycles. The molecule has 1 aliphatic carbocycles. The Hall–Kier alpha value is -2.74. The highest BCUT2D eigenvalue weighted by molar-refractivity contribution is 6.11. The molecule has 8 nitrogen and oxygen atoms in total. The predicted molar refractivity (Wildman–Crippen MR) is 116 cm³/mol. The largest absolute Gasteiger partial charge is 0.493 e. The third kappa shape index (κ3) is 3.60. The van der Waals surface area contributed by atoms with Crippen molar-refractivity contribution in [3.05, 3.63) is 29.0 Å². The average molecular weight is 446 g/mol. The summed E-state index contributed by atoms with van der Waals surface area (Å²) in [7, 11) is 6.20. The van der Waals surface area contributed by atoms with Crippen LogP contribution < -0.4 is 14.2 Å². The van der Waals surface area contributed by atoms with Crippen LogP contribution >= 0.6 is 0 Å². The first-order valence-electron chi connectivity index (χ1n) is 11.0. The molecule has 0 radical (unpaired) electrons. The van der Waals surface area contributed by atoms with Crippen molar-refractivity contribution >= 4 is 11.7 Å². The Bertz CT molecular complexity index is 915. The van der Waals surface area contributed by atoms with Gasteiger partial charge in [0, 0.05) is 13.7 Å². The first kappa shape index (κ1) is 22.5. The van der Waals surface area contributed by atoms with E-state index in [1.165, 1.54) is 21.3 Å². The zero-order chi connectivity index (χ0) is 23.0. The molecule has 4 unspecified atom stereocenters. The number of amides is 1. The van der Waals surface area contributed by atoms with Crippen LogP contribution in [0.1, 0.15) is 37.8 Å². The summed E-state index contributed by atoms with van der Waals surface area (Å²) in [5.74, 6) is 1.51. The number of fused-ring (bicyclic) bond motifs is 1. The second-order valence-electron chi connectivity index (χ2n) is 8.64. The molecule has 0 N–H and O–H groups in total. The van der Waals surface area contributed by atoms with Crippen LogP contribution in [-0.4, -0.2) is 64.3 Å². The van der Waals surface area contributed by atoms with Crippen LogP contribution in [0.25, 0.3) is 0 Å². The normalized spacial score (nSPS) is 27.1. The van der Waals surface area contributed by atoms with Gasteiger partial charge in [0.1, 0.15) is 6.10 Å². The molecule has 0 saturated heterocycles. The molecule has 2 aliphatic heterocycles. The van der Waals surface area contributed by atoms with E-state index in [9.17, 15) is 9.59 Å². The number of carbonyl (C=O) groups excluding carboxylic acids is 2. The molecule has 1 amide bonds. The van der Waals surface area contributed by atoms with E-state index < -0.39 is 6.04 Å². The molecular formula is C24H31NO7. The molecule has 1 aromatic rings. The summed E-state index contributed by atoms with van der Waals surface area (Å²) in [6.07, 6.45) is 2.32.